The van der Waals surface area contributed by atoms with Gasteiger partial charge in [-0.1, -0.05) is 54.2 Å². The fraction of sp³-hybridized carbons (Fsp3) is 0.150. The van der Waals surface area contributed by atoms with E-state index in [1.807, 2.05) is 60.7 Å². The average Bonchev–Trinajstić information content (AvgIpc) is 3.07. The van der Waals surface area contributed by atoms with Gasteiger partial charge in [0.15, 0.2) is 5.58 Å². The number of para-hydroxylation sites is 2. The molecule has 1 N–H and O–H groups in total. The van der Waals surface area contributed by atoms with E-state index >= 15 is 0 Å². The van der Waals surface area contributed by atoms with Gasteiger partial charge in [-0.2, -0.15) is 0 Å². The predicted molar refractivity (Wildman–Crippen MR) is 100 cm³/mol. The molecule has 126 valence electrons. The first-order valence-electron chi connectivity index (χ1n) is 8.06. The monoisotopic (exact) mass is 351 g/mol. The summed E-state index contributed by atoms with van der Waals surface area (Å²) < 4.78 is 11.3. The summed E-state index contributed by atoms with van der Waals surface area (Å²) in [5.74, 6) is 1.21. The number of hydrogen-bond acceptors (Lipinski definition) is 5. The van der Waals surface area contributed by atoms with E-state index in [0.29, 0.717) is 11.0 Å². The van der Waals surface area contributed by atoms with Crippen molar-refractivity contribution < 1.29 is 14.3 Å². The van der Waals surface area contributed by atoms with E-state index in [1.54, 1.807) is 0 Å². The summed E-state index contributed by atoms with van der Waals surface area (Å²) >= 11 is 1.38. The summed E-state index contributed by atoms with van der Waals surface area (Å²) in [7, 11) is 0. The van der Waals surface area contributed by atoms with Crippen molar-refractivity contribution in [2.24, 2.45) is 0 Å². The van der Waals surface area contributed by atoms with Gasteiger partial charge in [0.1, 0.15) is 17.9 Å². The van der Waals surface area contributed by atoms with Crippen molar-refractivity contribution in [3.8, 4) is 5.75 Å². The van der Waals surface area contributed by atoms with Gasteiger partial charge in [0.25, 0.3) is 5.22 Å². The van der Waals surface area contributed by atoms with Crippen LogP contribution in [0.25, 0.3) is 21.9 Å². The summed E-state index contributed by atoms with van der Waals surface area (Å²) in [6, 6.07) is 21.7. The fourth-order valence-electron chi connectivity index (χ4n) is 2.58. The van der Waals surface area contributed by atoms with Gasteiger partial charge in [0, 0.05) is 5.75 Å². The molecule has 1 atom stereocenters. The SMILES string of the molecule is OC(COc1ccc2ccccc2c1)CSc1nc2ccccc2o1. The normalized spacial score (nSPS) is 12.5. The standard InChI is InChI=1S/C20H17NO3S/c22-16(13-25-20-21-18-7-3-4-8-19(18)24-20)12-23-17-10-9-14-5-1-2-6-15(14)11-17/h1-11,16,22H,12-13H2. The predicted octanol–water partition coefficient (Wildman–Crippen LogP) is 4.51. The topological polar surface area (TPSA) is 55.5 Å². The molecule has 1 unspecified atom stereocenters. The highest BCUT2D eigenvalue weighted by atomic mass is 32.2. The first-order valence-corrected chi connectivity index (χ1v) is 9.04. The fourth-order valence-corrected chi connectivity index (χ4v) is 3.32. The molecule has 1 aromatic heterocycles. The molecule has 3 aromatic carbocycles. The highest BCUT2D eigenvalue weighted by Crippen LogP contribution is 2.24. The average molecular weight is 351 g/mol. The Labute approximate surface area is 149 Å². The summed E-state index contributed by atoms with van der Waals surface area (Å²) in [6.07, 6.45) is -0.605. The molecule has 0 aliphatic rings. The first-order chi connectivity index (χ1) is 12.3. The van der Waals surface area contributed by atoms with Crippen LogP contribution in [0.15, 0.2) is 76.4 Å². The Morgan fingerprint density at radius 3 is 2.68 bits per heavy atom. The van der Waals surface area contributed by atoms with Gasteiger partial charge in [0.2, 0.25) is 0 Å². The summed E-state index contributed by atoms with van der Waals surface area (Å²) in [5, 5.41) is 13.0. The van der Waals surface area contributed by atoms with E-state index in [2.05, 4.69) is 11.1 Å². The number of rotatable bonds is 6. The lowest BCUT2D eigenvalue weighted by molar-refractivity contribution is 0.126. The minimum atomic E-state index is -0.605. The Hall–Kier alpha value is -2.50. The van der Waals surface area contributed by atoms with Gasteiger partial charge in [-0.3, -0.25) is 0 Å². The molecule has 0 saturated carbocycles. The molecule has 0 radical (unpaired) electrons. The molecule has 0 bridgehead atoms. The van der Waals surface area contributed by atoms with Crippen LogP contribution in [0.1, 0.15) is 0 Å². The molecule has 0 aliphatic heterocycles. The van der Waals surface area contributed by atoms with Crippen molar-refractivity contribution in [2.75, 3.05) is 12.4 Å². The number of hydrogen-bond donors (Lipinski definition) is 1. The number of nitrogens with zero attached hydrogens (tertiary/aromatic N) is 1. The lowest BCUT2D eigenvalue weighted by atomic mass is 10.1. The third-order valence-corrected chi connectivity index (χ3v) is 4.81. The van der Waals surface area contributed by atoms with E-state index < -0.39 is 6.10 Å². The Morgan fingerprint density at radius 2 is 1.80 bits per heavy atom. The van der Waals surface area contributed by atoms with Gasteiger partial charge < -0.3 is 14.3 Å². The van der Waals surface area contributed by atoms with Crippen molar-refractivity contribution in [3.63, 3.8) is 0 Å². The number of aliphatic hydroxyl groups is 1. The molecule has 0 spiro atoms. The minimum absolute atomic E-state index is 0.228. The van der Waals surface area contributed by atoms with E-state index in [1.165, 1.54) is 17.1 Å². The smallest absolute Gasteiger partial charge is 0.256 e. The zero-order valence-corrected chi connectivity index (χ0v) is 14.3. The number of aliphatic hydroxyl groups excluding tert-OH is 1. The van der Waals surface area contributed by atoms with E-state index in [0.717, 1.165) is 22.2 Å². The highest BCUT2D eigenvalue weighted by molar-refractivity contribution is 7.99. The van der Waals surface area contributed by atoms with E-state index in [-0.39, 0.29) is 6.61 Å². The lowest BCUT2D eigenvalue weighted by Gasteiger charge is -2.11. The second kappa shape index (κ2) is 7.17. The van der Waals surface area contributed by atoms with Crippen LogP contribution >= 0.6 is 11.8 Å². The Kier molecular flexibility index (Phi) is 4.59. The number of ether oxygens (including phenoxy) is 1. The zero-order valence-electron chi connectivity index (χ0n) is 13.5. The van der Waals surface area contributed by atoms with Crippen LogP contribution in [0.2, 0.25) is 0 Å². The van der Waals surface area contributed by atoms with Crippen molar-refractivity contribution >= 4 is 33.6 Å². The summed E-state index contributed by atoms with van der Waals surface area (Å²) in [6.45, 7) is 0.228. The number of oxazole rings is 1. The van der Waals surface area contributed by atoms with Gasteiger partial charge in [-0.15, -0.1) is 0 Å². The minimum Gasteiger partial charge on any atom is -0.491 e. The van der Waals surface area contributed by atoms with E-state index in [4.69, 9.17) is 9.15 Å². The van der Waals surface area contributed by atoms with Crippen LogP contribution in [0.5, 0.6) is 5.75 Å². The molecule has 1 heterocycles. The van der Waals surface area contributed by atoms with Crippen molar-refractivity contribution in [1.82, 2.24) is 4.98 Å². The maximum atomic E-state index is 10.1. The molecule has 0 saturated heterocycles. The van der Waals surface area contributed by atoms with Crippen molar-refractivity contribution in [1.29, 1.82) is 0 Å². The summed E-state index contributed by atoms with van der Waals surface area (Å²) in [5.41, 5.74) is 1.58. The van der Waals surface area contributed by atoms with Crippen LogP contribution in [0, 0.1) is 0 Å². The van der Waals surface area contributed by atoms with Gasteiger partial charge in [-0.05, 0) is 35.0 Å². The quantitative estimate of drug-likeness (QED) is 0.518. The molecule has 0 fully saturated rings. The molecule has 5 heteroatoms. The van der Waals surface area contributed by atoms with Crippen molar-refractivity contribution in [2.45, 2.75) is 11.3 Å². The Morgan fingerprint density at radius 1 is 1.00 bits per heavy atom. The molecular formula is C20H17NO3S. The van der Waals surface area contributed by atoms with Crippen LogP contribution in [-0.4, -0.2) is 28.6 Å². The molecule has 0 aliphatic carbocycles. The van der Waals surface area contributed by atoms with Crippen LogP contribution < -0.4 is 4.74 Å². The molecule has 25 heavy (non-hydrogen) atoms. The maximum Gasteiger partial charge on any atom is 0.256 e. The van der Waals surface area contributed by atoms with Gasteiger partial charge in [0.05, 0.1) is 6.10 Å². The number of fused-ring (bicyclic) bond motifs is 2. The lowest BCUT2D eigenvalue weighted by Crippen LogP contribution is -2.20. The number of thioether (sulfide) groups is 1. The number of aromatic nitrogens is 1. The van der Waals surface area contributed by atoms with Crippen LogP contribution in [-0.2, 0) is 0 Å². The molecule has 4 nitrogen and oxygen atoms in total. The van der Waals surface area contributed by atoms with Gasteiger partial charge in [-0.25, -0.2) is 4.98 Å². The van der Waals surface area contributed by atoms with Gasteiger partial charge >= 0.3 is 0 Å². The summed E-state index contributed by atoms with van der Waals surface area (Å²) in [4.78, 5) is 4.38. The Bertz CT molecular complexity index is 965. The third kappa shape index (κ3) is 3.78. The first kappa shape index (κ1) is 16.0. The highest BCUT2D eigenvalue weighted by Gasteiger charge is 2.11. The van der Waals surface area contributed by atoms with E-state index in [9.17, 15) is 5.11 Å². The molecular weight excluding hydrogens is 334 g/mol. The second-order valence-corrected chi connectivity index (χ2v) is 6.70. The molecule has 0 amide bonds. The number of benzene rings is 3. The maximum absolute atomic E-state index is 10.1. The molecule has 4 rings (SSSR count). The van der Waals surface area contributed by atoms with Crippen LogP contribution in [0.4, 0.5) is 0 Å². The third-order valence-electron chi connectivity index (χ3n) is 3.84. The van der Waals surface area contributed by atoms with Crippen LogP contribution in [0.3, 0.4) is 0 Å². The second-order valence-electron chi connectivity index (χ2n) is 5.73. The van der Waals surface area contributed by atoms with Crippen molar-refractivity contribution in [3.05, 3.63) is 66.7 Å². The Balaban J connectivity index is 1.32. The molecule has 4 aromatic rings. The zero-order chi connectivity index (χ0) is 17.1. The largest absolute Gasteiger partial charge is 0.491 e.